The van der Waals surface area contributed by atoms with Crippen molar-refractivity contribution >= 4 is 16.3 Å². The molecule has 20 heavy (non-hydrogen) atoms. The molecule has 1 aliphatic rings. The first-order valence-corrected chi connectivity index (χ1v) is 7.87. The predicted molar refractivity (Wildman–Crippen MR) is 81.1 cm³/mol. The molecule has 1 aliphatic heterocycles. The minimum atomic E-state index is 0.0201. The highest BCUT2D eigenvalue weighted by Gasteiger charge is 2.25. The van der Waals surface area contributed by atoms with Gasteiger partial charge in [-0.1, -0.05) is 0 Å². The van der Waals surface area contributed by atoms with Crippen molar-refractivity contribution < 1.29 is 0 Å². The van der Waals surface area contributed by atoms with Crippen molar-refractivity contribution in [3.63, 3.8) is 0 Å². The van der Waals surface area contributed by atoms with Gasteiger partial charge in [0.25, 0.3) is 5.56 Å². The Bertz CT molecular complexity index is 675. The van der Waals surface area contributed by atoms with Crippen LogP contribution in [0, 0.1) is 12.8 Å². The summed E-state index contributed by atoms with van der Waals surface area (Å²) in [6, 6.07) is 1.90. The third-order valence-electron chi connectivity index (χ3n) is 4.07. The van der Waals surface area contributed by atoms with Crippen LogP contribution in [-0.4, -0.2) is 33.4 Å². The number of fused-ring (bicyclic) bond motifs is 1. The summed E-state index contributed by atoms with van der Waals surface area (Å²) in [5.41, 5.74) is 7.79. The van der Waals surface area contributed by atoms with Gasteiger partial charge in [-0.2, -0.15) is 0 Å². The zero-order valence-electron chi connectivity index (χ0n) is 11.9. The normalized spacial score (nSPS) is 21.6. The van der Waals surface area contributed by atoms with Gasteiger partial charge >= 0.3 is 0 Å². The lowest BCUT2D eigenvalue weighted by molar-refractivity contribution is 0.305. The molecule has 3 rings (SSSR count). The molecule has 2 atom stereocenters. The van der Waals surface area contributed by atoms with Gasteiger partial charge in [0.2, 0.25) is 0 Å². The van der Waals surface area contributed by atoms with Crippen LogP contribution in [0.5, 0.6) is 0 Å². The van der Waals surface area contributed by atoms with E-state index >= 15 is 0 Å². The van der Waals surface area contributed by atoms with Crippen molar-refractivity contribution in [2.24, 2.45) is 11.7 Å². The highest BCUT2D eigenvalue weighted by molar-refractivity contribution is 7.15. The molecular weight excluding hydrogens is 272 g/mol. The van der Waals surface area contributed by atoms with Crippen LogP contribution < -0.4 is 11.3 Å². The molecule has 2 aromatic rings. The van der Waals surface area contributed by atoms with Gasteiger partial charge in [-0.3, -0.25) is 14.1 Å². The maximum absolute atomic E-state index is 12.1. The summed E-state index contributed by atoms with van der Waals surface area (Å²) in [4.78, 5) is 19.8. The van der Waals surface area contributed by atoms with Gasteiger partial charge < -0.3 is 5.73 Å². The molecule has 108 valence electrons. The number of thiazole rings is 1. The smallest absolute Gasteiger partial charge is 0.259 e. The van der Waals surface area contributed by atoms with Crippen LogP contribution >= 0.6 is 11.3 Å². The summed E-state index contributed by atoms with van der Waals surface area (Å²) in [6.45, 7) is 6.78. The van der Waals surface area contributed by atoms with E-state index in [0.29, 0.717) is 5.92 Å². The Balaban J connectivity index is 1.80. The molecule has 6 heteroatoms. The fourth-order valence-electron chi connectivity index (χ4n) is 2.85. The minimum Gasteiger partial charge on any atom is -0.328 e. The number of aryl methyl sites for hydroxylation is 1. The molecule has 2 aromatic heterocycles. The predicted octanol–water partition coefficient (Wildman–Crippen LogP) is 1.23. The molecule has 1 saturated heterocycles. The van der Waals surface area contributed by atoms with Crippen molar-refractivity contribution in [2.45, 2.75) is 32.9 Å². The molecule has 1 fully saturated rings. The minimum absolute atomic E-state index is 0.0201. The second-order valence-electron chi connectivity index (χ2n) is 5.72. The van der Waals surface area contributed by atoms with E-state index in [9.17, 15) is 4.79 Å². The van der Waals surface area contributed by atoms with Crippen LogP contribution in [0.3, 0.4) is 0 Å². The number of hydrogen-bond donors (Lipinski definition) is 1. The number of hydrogen-bond acceptors (Lipinski definition) is 5. The van der Waals surface area contributed by atoms with E-state index in [0.717, 1.165) is 42.4 Å². The second kappa shape index (κ2) is 5.27. The van der Waals surface area contributed by atoms with E-state index in [1.54, 1.807) is 10.5 Å². The van der Waals surface area contributed by atoms with Gasteiger partial charge in [0, 0.05) is 36.3 Å². The largest absolute Gasteiger partial charge is 0.328 e. The molecule has 5 nitrogen and oxygen atoms in total. The van der Waals surface area contributed by atoms with Crippen molar-refractivity contribution in [3.05, 3.63) is 33.2 Å². The summed E-state index contributed by atoms with van der Waals surface area (Å²) in [5, 5.41) is 1.97. The molecule has 0 aromatic carbocycles. The topological polar surface area (TPSA) is 63.6 Å². The van der Waals surface area contributed by atoms with E-state index in [4.69, 9.17) is 5.73 Å². The quantitative estimate of drug-likeness (QED) is 0.924. The third-order valence-corrected chi connectivity index (χ3v) is 5.01. The molecule has 0 amide bonds. The summed E-state index contributed by atoms with van der Waals surface area (Å²) in [5.74, 6) is 0.559. The van der Waals surface area contributed by atoms with E-state index in [1.807, 2.05) is 12.3 Å². The molecule has 0 radical (unpaired) electrons. The van der Waals surface area contributed by atoms with Crippen molar-refractivity contribution in [2.75, 3.05) is 13.1 Å². The Morgan fingerprint density at radius 1 is 1.60 bits per heavy atom. The highest BCUT2D eigenvalue weighted by Crippen LogP contribution is 2.20. The summed E-state index contributed by atoms with van der Waals surface area (Å²) >= 11 is 1.52. The Kier molecular flexibility index (Phi) is 3.62. The molecular formula is C14H20N4OS. The lowest BCUT2D eigenvalue weighted by Crippen LogP contribution is -2.30. The maximum atomic E-state index is 12.1. The molecule has 0 spiro atoms. The average Bonchev–Trinajstić information content (AvgIpc) is 2.97. The Morgan fingerprint density at radius 2 is 2.40 bits per heavy atom. The van der Waals surface area contributed by atoms with Crippen LogP contribution in [0.2, 0.25) is 0 Å². The first kappa shape index (κ1) is 13.7. The number of likely N-dealkylation sites (tertiary alicyclic amines) is 1. The van der Waals surface area contributed by atoms with E-state index in [1.165, 1.54) is 11.3 Å². The lowest BCUT2D eigenvalue weighted by atomic mass is 10.0. The first-order valence-electron chi connectivity index (χ1n) is 6.99. The zero-order valence-corrected chi connectivity index (χ0v) is 12.7. The van der Waals surface area contributed by atoms with Gasteiger partial charge in [0.15, 0.2) is 4.96 Å². The van der Waals surface area contributed by atoms with Gasteiger partial charge in [-0.05, 0) is 32.7 Å². The zero-order chi connectivity index (χ0) is 14.3. The average molecular weight is 292 g/mol. The summed E-state index contributed by atoms with van der Waals surface area (Å²) in [7, 11) is 0. The molecule has 2 N–H and O–H groups in total. The van der Waals surface area contributed by atoms with Gasteiger partial charge in [0.1, 0.15) is 0 Å². The summed E-state index contributed by atoms with van der Waals surface area (Å²) in [6.07, 6.45) is 1.14. The SMILES string of the molecule is Cc1csc2nc(CN3CCC(C(C)N)C3)cc(=O)n12. The number of nitrogens with two attached hydrogens (primary N) is 1. The van der Waals surface area contributed by atoms with Crippen LogP contribution in [0.1, 0.15) is 24.7 Å². The molecule has 3 heterocycles. The fourth-order valence-corrected chi connectivity index (χ4v) is 3.74. The highest BCUT2D eigenvalue weighted by atomic mass is 32.1. The number of nitrogens with zero attached hydrogens (tertiary/aromatic N) is 3. The standard InChI is InChI=1S/C14H20N4OS/c1-9-8-20-14-16-12(5-13(19)18(9)14)7-17-4-3-11(6-17)10(2)15/h5,8,10-11H,3-4,6-7,15H2,1-2H3. The molecule has 0 aliphatic carbocycles. The second-order valence-corrected chi connectivity index (χ2v) is 6.56. The van der Waals surface area contributed by atoms with Crippen LogP contribution in [0.15, 0.2) is 16.2 Å². The Hall–Kier alpha value is -1.24. The third kappa shape index (κ3) is 2.51. The first-order chi connectivity index (χ1) is 9.54. The molecule has 0 saturated carbocycles. The van der Waals surface area contributed by atoms with E-state index in [2.05, 4.69) is 16.8 Å². The van der Waals surface area contributed by atoms with E-state index < -0.39 is 0 Å². The lowest BCUT2D eigenvalue weighted by Gasteiger charge is -2.17. The van der Waals surface area contributed by atoms with E-state index in [-0.39, 0.29) is 11.6 Å². The number of rotatable bonds is 3. The van der Waals surface area contributed by atoms with Gasteiger partial charge in [-0.25, -0.2) is 4.98 Å². The van der Waals surface area contributed by atoms with Crippen LogP contribution in [-0.2, 0) is 6.54 Å². The van der Waals surface area contributed by atoms with Gasteiger partial charge in [-0.15, -0.1) is 11.3 Å². The monoisotopic (exact) mass is 292 g/mol. The maximum Gasteiger partial charge on any atom is 0.259 e. The molecule has 2 unspecified atom stereocenters. The fraction of sp³-hybridized carbons (Fsp3) is 0.571. The number of aromatic nitrogens is 2. The van der Waals surface area contributed by atoms with Gasteiger partial charge in [0.05, 0.1) is 5.69 Å². The summed E-state index contributed by atoms with van der Waals surface area (Å²) < 4.78 is 1.67. The van der Waals surface area contributed by atoms with Crippen molar-refractivity contribution in [1.29, 1.82) is 0 Å². The Labute approximate surface area is 122 Å². The Morgan fingerprint density at radius 3 is 3.10 bits per heavy atom. The molecule has 0 bridgehead atoms. The van der Waals surface area contributed by atoms with Crippen LogP contribution in [0.4, 0.5) is 0 Å². The van der Waals surface area contributed by atoms with Crippen LogP contribution in [0.25, 0.3) is 4.96 Å². The van der Waals surface area contributed by atoms with Crippen molar-refractivity contribution in [1.82, 2.24) is 14.3 Å². The van der Waals surface area contributed by atoms with Crippen molar-refractivity contribution in [3.8, 4) is 0 Å².